The Morgan fingerprint density at radius 1 is 1.43 bits per heavy atom. The number of benzene rings is 1. The van der Waals surface area contributed by atoms with Crippen molar-refractivity contribution in [3.63, 3.8) is 0 Å². The highest BCUT2D eigenvalue weighted by atomic mass is 32.2. The summed E-state index contributed by atoms with van der Waals surface area (Å²) in [6, 6.07) is 6.49. The summed E-state index contributed by atoms with van der Waals surface area (Å²) in [5.41, 5.74) is 6.90. The summed E-state index contributed by atoms with van der Waals surface area (Å²) in [5, 5.41) is 4.07. The quantitative estimate of drug-likeness (QED) is 0.789. The lowest BCUT2D eigenvalue weighted by atomic mass is 10.1. The van der Waals surface area contributed by atoms with Gasteiger partial charge in [-0.3, -0.25) is 4.68 Å². The van der Waals surface area contributed by atoms with E-state index < -0.39 is 10.0 Å². The molecule has 114 valence electrons. The second kappa shape index (κ2) is 6.28. The second-order valence-corrected chi connectivity index (χ2v) is 6.65. The Balaban J connectivity index is 2.20. The number of anilines is 1. The van der Waals surface area contributed by atoms with E-state index in [1.54, 1.807) is 42.2 Å². The highest BCUT2D eigenvalue weighted by molar-refractivity contribution is 7.89. The average molecular weight is 308 g/mol. The molecule has 0 amide bonds. The Hall–Kier alpha value is -1.86. The van der Waals surface area contributed by atoms with Gasteiger partial charge in [0, 0.05) is 24.1 Å². The fraction of sp³-hybridized carbons (Fsp3) is 0.357. The van der Waals surface area contributed by atoms with E-state index in [9.17, 15) is 8.42 Å². The molecule has 0 saturated heterocycles. The SMILES string of the molecule is CCc1ccc(N)cc1S(=O)(=O)NC(C)Cn1cccn1. The molecular weight excluding hydrogens is 288 g/mol. The first-order valence-corrected chi connectivity index (χ1v) is 8.29. The minimum absolute atomic E-state index is 0.248. The normalized spacial score (nSPS) is 13.2. The molecule has 6 nitrogen and oxygen atoms in total. The van der Waals surface area contributed by atoms with Gasteiger partial charge in [0.1, 0.15) is 0 Å². The zero-order chi connectivity index (χ0) is 15.5. The summed E-state index contributed by atoms with van der Waals surface area (Å²) >= 11 is 0. The maximum Gasteiger partial charge on any atom is 0.241 e. The first-order valence-electron chi connectivity index (χ1n) is 6.80. The minimum Gasteiger partial charge on any atom is -0.399 e. The van der Waals surface area contributed by atoms with Gasteiger partial charge in [-0.15, -0.1) is 0 Å². The van der Waals surface area contributed by atoms with E-state index in [-0.39, 0.29) is 10.9 Å². The molecule has 0 saturated carbocycles. The van der Waals surface area contributed by atoms with E-state index in [0.717, 1.165) is 5.56 Å². The van der Waals surface area contributed by atoms with Crippen LogP contribution in [0.4, 0.5) is 5.69 Å². The lowest BCUT2D eigenvalue weighted by Crippen LogP contribution is -2.36. The summed E-state index contributed by atoms with van der Waals surface area (Å²) in [6.07, 6.45) is 4.08. The number of nitrogens with zero attached hydrogens (tertiary/aromatic N) is 2. The molecule has 1 heterocycles. The predicted molar refractivity (Wildman–Crippen MR) is 82.2 cm³/mol. The maximum atomic E-state index is 12.5. The van der Waals surface area contributed by atoms with E-state index in [4.69, 9.17) is 5.73 Å². The number of nitrogens with one attached hydrogen (secondary N) is 1. The first-order chi connectivity index (χ1) is 9.92. The van der Waals surface area contributed by atoms with Crippen LogP contribution in [0.5, 0.6) is 0 Å². The van der Waals surface area contributed by atoms with Gasteiger partial charge in [0.2, 0.25) is 10.0 Å². The molecule has 3 N–H and O–H groups in total. The van der Waals surface area contributed by atoms with Crippen molar-refractivity contribution in [2.75, 3.05) is 5.73 Å². The number of aromatic nitrogens is 2. The molecule has 0 radical (unpaired) electrons. The summed E-state index contributed by atoms with van der Waals surface area (Å²) in [6.45, 7) is 4.19. The molecule has 2 rings (SSSR count). The monoisotopic (exact) mass is 308 g/mol. The molecule has 21 heavy (non-hydrogen) atoms. The van der Waals surface area contributed by atoms with Crippen molar-refractivity contribution in [1.82, 2.24) is 14.5 Å². The van der Waals surface area contributed by atoms with E-state index in [2.05, 4.69) is 9.82 Å². The largest absolute Gasteiger partial charge is 0.399 e. The van der Waals surface area contributed by atoms with Crippen LogP contribution in [0.15, 0.2) is 41.6 Å². The number of rotatable bonds is 6. The van der Waals surface area contributed by atoms with Crippen LogP contribution in [-0.4, -0.2) is 24.2 Å². The van der Waals surface area contributed by atoms with E-state index in [0.29, 0.717) is 18.7 Å². The number of hydrogen-bond acceptors (Lipinski definition) is 4. The molecule has 7 heteroatoms. The van der Waals surface area contributed by atoms with Gasteiger partial charge in [0.05, 0.1) is 11.4 Å². The fourth-order valence-corrected chi connectivity index (χ4v) is 3.75. The summed E-state index contributed by atoms with van der Waals surface area (Å²) in [4.78, 5) is 0.248. The van der Waals surface area contributed by atoms with Crippen molar-refractivity contribution in [3.8, 4) is 0 Å². The van der Waals surface area contributed by atoms with Gasteiger partial charge in [-0.05, 0) is 37.1 Å². The van der Waals surface area contributed by atoms with Gasteiger partial charge in [-0.1, -0.05) is 13.0 Å². The van der Waals surface area contributed by atoms with Gasteiger partial charge in [-0.25, -0.2) is 13.1 Å². The van der Waals surface area contributed by atoms with Crippen LogP contribution in [0, 0.1) is 0 Å². The topological polar surface area (TPSA) is 90.0 Å². The third-order valence-corrected chi connectivity index (χ3v) is 4.81. The highest BCUT2D eigenvalue weighted by Crippen LogP contribution is 2.20. The number of hydrogen-bond donors (Lipinski definition) is 2. The molecule has 1 unspecified atom stereocenters. The maximum absolute atomic E-state index is 12.5. The molecule has 1 aromatic carbocycles. The molecule has 1 atom stereocenters. The fourth-order valence-electron chi connectivity index (χ4n) is 2.17. The van der Waals surface area contributed by atoms with Crippen LogP contribution < -0.4 is 10.5 Å². The Morgan fingerprint density at radius 2 is 2.19 bits per heavy atom. The highest BCUT2D eigenvalue weighted by Gasteiger charge is 2.20. The second-order valence-electron chi connectivity index (χ2n) is 4.97. The van der Waals surface area contributed by atoms with Gasteiger partial charge < -0.3 is 5.73 Å². The smallest absolute Gasteiger partial charge is 0.241 e. The third kappa shape index (κ3) is 3.83. The van der Waals surface area contributed by atoms with Crippen molar-refractivity contribution < 1.29 is 8.42 Å². The van der Waals surface area contributed by atoms with E-state index in [1.165, 1.54) is 6.07 Å². The van der Waals surface area contributed by atoms with Crippen LogP contribution >= 0.6 is 0 Å². The first kappa shape index (κ1) is 15.5. The zero-order valence-corrected chi connectivity index (χ0v) is 13.0. The van der Waals surface area contributed by atoms with Crippen molar-refractivity contribution >= 4 is 15.7 Å². The van der Waals surface area contributed by atoms with Crippen LogP contribution in [-0.2, 0) is 23.0 Å². The Kier molecular flexibility index (Phi) is 4.64. The van der Waals surface area contributed by atoms with Crippen molar-refractivity contribution in [2.24, 2.45) is 0 Å². The van der Waals surface area contributed by atoms with Crippen LogP contribution in [0.1, 0.15) is 19.4 Å². The lowest BCUT2D eigenvalue weighted by Gasteiger charge is -2.16. The van der Waals surface area contributed by atoms with Crippen molar-refractivity contribution in [3.05, 3.63) is 42.2 Å². The van der Waals surface area contributed by atoms with Crippen LogP contribution in [0.2, 0.25) is 0 Å². The zero-order valence-electron chi connectivity index (χ0n) is 12.2. The molecule has 2 aromatic rings. The average Bonchev–Trinajstić information content (AvgIpc) is 2.90. The molecule has 0 aliphatic rings. The summed E-state index contributed by atoms with van der Waals surface area (Å²) < 4.78 is 29.4. The van der Waals surface area contributed by atoms with Gasteiger partial charge >= 0.3 is 0 Å². The Labute approximate surface area is 125 Å². The number of sulfonamides is 1. The van der Waals surface area contributed by atoms with E-state index >= 15 is 0 Å². The Morgan fingerprint density at radius 3 is 2.81 bits per heavy atom. The van der Waals surface area contributed by atoms with Crippen molar-refractivity contribution in [1.29, 1.82) is 0 Å². The molecule has 0 aliphatic carbocycles. The van der Waals surface area contributed by atoms with Crippen LogP contribution in [0.3, 0.4) is 0 Å². The molecule has 0 bridgehead atoms. The van der Waals surface area contributed by atoms with Crippen LogP contribution in [0.25, 0.3) is 0 Å². The standard InChI is InChI=1S/C14H20N4O2S/c1-3-12-5-6-13(15)9-14(12)21(19,20)17-11(2)10-18-8-4-7-16-18/h4-9,11,17H,3,10,15H2,1-2H3. The number of nitrogen functional groups attached to an aromatic ring is 1. The molecule has 1 aromatic heterocycles. The molecule has 0 aliphatic heterocycles. The molecule has 0 fully saturated rings. The van der Waals surface area contributed by atoms with E-state index in [1.807, 2.05) is 6.92 Å². The minimum atomic E-state index is -3.60. The van der Waals surface area contributed by atoms with Gasteiger partial charge in [0.25, 0.3) is 0 Å². The lowest BCUT2D eigenvalue weighted by molar-refractivity contribution is 0.493. The molecular formula is C14H20N4O2S. The van der Waals surface area contributed by atoms with Gasteiger partial charge in [-0.2, -0.15) is 5.10 Å². The number of nitrogens with two attached hydrogens (primary N) is 1. The summed E-state index contributed by atoms with van der Waals surface area (Å²) in [7, 11) is -3.60. The van der Waals surface area contributed by atoms with Gasteiger partial charge in [0.15, 0.2) is 0 Å². The Bertz CT molecular complexity index is 696. The number of aryl methyl sites for hydroxylation is 1. The van der Waals surface area contributed by atoms with Crippen molar-refractivity contribution in [2.45, 2.75) is 37.8 Å². The molecule has 0 spiro atoms. The summed E-state index contributed by atoms with van der Waals surface area (Å²) in [5.74, 6) is 0. The predicted octanol–water partition coefficient (Wildman–Crippen LogP) is 1.39. The third-order valence-electron chi connectivity index (χ3n) is 3.14.